The number of aryl methyl sites for hydroxylation is 1. The zero-order valence-electron chi connectivity index (χ0n) is 17.7. The Balaban J connectivity index is 1.57. The second kappa shape index (κ2) is 8.85. The van der Waals surface area contributed by atoms with Crippen molar-refractivity contribution in [2.24, 2.45) is 0 Å². The van der Waals surface area contributed by atoms with Crippen LogP contribution in [0.15, 0.2) is 72.8 Å². The Morgan fingerprint density at radius 2 is 1.84 bits per heavy atom. The predicted octanol–water partition coefficient (Wildman–Crippen LogP) is 5.15. The molecule has 0 bridgehead atoms. The van der Waals surface area contributed by atoms with E-state index in [0.29, 0.717) is 17.7 Å². The smallest absolute Gasteiger partial charge is 0.251 e. The summed E-state index contributed by atoms with van der Waals surface area (Å²) >= 11 is 0. The van der Waals surface area contributed by atoms with Crippen molar-refractivity contribution in [1.82, 2.24) is 15.1 Å². The van der Waals surface area contributed by atoms with Crippen LogP contribution in [-0.2, 0) is 6.54 Å². The van der Waals surface area contributed by atoms with Crippen LogP contribution >= 0.6 is 0 Å². The van der Waals surface area contributed by atoms with E-state index in [1.165, 1.54) is 0 Å². The van der Waals surface area contributed by atoms with Crippen molar-refractivity contribution in [3.05, 3.63) is 101 Å². The third kappa shape index (κ3) is 4.34. The standard InChI is InChI=1S/C26H24N4O/c1-3-24(21-7-5-4-6-8-21)28-26(31)22-13-14-25-23(15-22)18(2)29-30(25)17-20-11-9-19(16-27)10-12-20/h4-15,24H,3,17H2,1-2H3,(H,28,31)/t24-/m0/s1. The molecule has 0 unspecified atom stereocenters. The van der Waals surface area contributed by atoms with E-state index >= 15 is 0 Å². The first-order chi connectivity index (χ1) is 15.1. The van der Waals surface area contributed by atoms with Gasteiger partial charge >= 0.3 is 0 Å². The summed E-state index contributed by atoms with van der Waals surface area (Å²) < 4.78 is 1.94. The van der Waals surface area contributed by atoms with Crippen molar-refractivity contribution < 1.29 is 4.79 Å². The molecule has 0 fully saturated rings. The molecule has 0 aliphatic heterocycles. The van der Waals surface area contributed by atoms with Gasteiger partial charge in [-0.3, -0.25) is 9.48 Å². The Bertz CT molecular complexity index is 1250. The Morgan fingerprint density at radius 3 is 2.52 bits per heavy atom. The average molecular weight is 409 g/mol. The first kappa shape index (κ1) is 20.4. The quantitative estimate of drug-likeness (QED) is 0.480. The van der Waals surface area contributed by atoms with Gasteiger partial charge in [0.2, 0.25) is 0 Å². The molecule has 1 atom stereocenters. The van der Waals surface area contributed by atoms with Gasteiger partial charge < -0.3 is 5.32 Å². The molecule has 5 nitrogen and oxygen atoms in total. The van der Waals surface area contributed by atoms with E-state index in [1.807, 2.05) is 84.4 Å². The van der Waals surface area contributed by atoms with Crippen molar-refractivity contribution in [2.75, 3.05) is 0 Å². The first-order valence-corrected chi connectivity index (χ1v) is 10.4. The maximum Gasteiger partial charge on any atom is 0.251 e. The van der Waals surface area contributed by atoms with Gasteiger partial charge in [0.25, 0.3) is 5.91 Å². The summed E-state index contributed by atoms with van der Waals surface area (Å²) in [6, 6.07) is 25.4. The number of nitrogens with zero attached hydrogens (tertiary/aromatic N) is 3. The number of hydrogen-bond acceptors (Lipinski definition) is 3. The van der Waals surface area contributed by atoms with Crippen LogP contribution in [0.3, 0.4) is 0 Å². The lowest BCUT2D eigenvalue weighted by Gasteiger charge is -2.17. The third-order valence-electron chi connectivity index (χ3n) is 5.53. The minimum absolute atomic E-state index is 0.0235. The lowest BCUT2D eigenvalue weighted by atomic mass is 10.0. The second-order valence-electron chi connectivity index (χ2n) is 7.63. The van der Waals surface area contributed by atoms with Crippen LogP contribution in [0.5, 0.6) is 0 Å². The van der Waals surface area contributed by atoms with E-state index in [2.05, 4.69) is 23.4 Å². The molecule has 0 spiro atoms. The second-order valence-corrected chi connectivity index (χ2v) is 7.63. The van der Waals surface area contributed by atoms with Crippen LogP contribution in [0, 0.1) is 18.3 Å². The van der Waals surface area contributed by atoms with E-state index in [9.17, 15) is 4.79 Å². The van der Waals surface area contributed by atoms with Gasteiger partial charge in [0.1, 0.15) is 0 Å². The molecule has 1 N–H and O–H groups in total. The van der Waals surface area contributed by atoms with Crippen LogP contribution in [0.25, 0.3) is 10.9 Å². The maximum atomic E-state index is 12.9. The van der Waals surface area contributed by atoms with E-state index in [-0.39, 0.29) is 11.9 Å². The highest BCUT2D eigenvalue weighted by molar-refractivity contribution is 5.98. The number of amides is 1. The van der Waals surface area contributed by atoms with Crippen molar-refractivity contribution in [3.63, 3.8) is 0 Å². The van der Waals surface area contributed by atoms with Gasteiger partial charge in [-0.2, -0.15) is 10.4 Å². The highest BCUT2D eigenvalue weighted by Crippen LogP contribution is 2.22. The van der Waals surface area contributed by atoms with E-state index in [0.717, 1.165) is 34.1 Å². The van der Waals surface area contributed by atoms with E-state index in [1.54, 1.807) is 0 Å². The number of benzene rings is 3. The number of nitrogens with one attached hydrogen (secondary N) is 1. The van der Waals surface area contributed by atoms with Crippen molar-refractivity contribution in [3.8, 4) is 6.07 Å². The Labute approximate surface area is 181 Å². The van der Waals surface area contributed by atoms with Crippen molar-refractivity contribution in [2.45, 2.75) is 32.9 Å². The van der Waals surface area contributed by atoms with Gasteiger partial charge in [-0.15, -0.1) is 0 Å². The molecule has 154 valence electrons. The number of hydrogen-bond donors (Lipinski definition) is 1. The molecule has 0 radical (unpaired) electrons. The summed E-state index contributed by atoms with van der Waals surface area (Å²) in [6.45, 7) is 4.63. The molecule has 0 aliphatic carbocycles. The summed E-state index contributed by atoms with van der Waals surface area (Å²) in [7, 11) is 0. The maximum absolute atomic E-state index is 12.9. The molecule has 4 aromatic rings. The van der Waals surface area contributed by atoms with Crippen molar-refractivity contribution in [1.29, 1.82) is 5.26 Å². The van der Waals surface area contributed by atoms with Crippen LogP contribution in [0.1, 0.15) is 52.1 Å². The zero-order chi connectivity index (χ0) is 21.8. The highest BCUT2D eigenvalue weighted by atomic mass is 16.1. The molecule has 1 heterocycles. The van der Waals surface area contributed by atoms with Gasteiger partial charge in [0.15, 0.2) is 0 Å². The SMILES string of the molecule is CC[C@H](NC(=O)c1ccc2c(c1)c(C)nn2Cc1ccc(C#N)cc1)c1ccccc1. The summed E-state index contributed by atoms with van der Waals surface area (Å²) in [5.74, 6) is -0.0863. The zero-order valence-corrected chi connectivity index (χ0v) is 17.7. The molecule has 0 aliphatic rings. The molecule has 0 saturated carbocycles. The molecule has 1 aromatic heterocycles. The van der Waals surface area contributed by atoms with Gasteiger partial charge in [-0.05, 0) is 54.8 Å². The summed E-state index contributed by atoms with van der Waals surface area (Å²) in [6.07, 6.45) is 0.819. The minimum atomic E-state index is -0.0863. The molecule has 31 heavy (non-hydrogen) atoms. The fraction of sp³-hybridized carbons (Fsp3) is 0.192. The molecular weight excluding hydrogens is 384 g/mol. The van der Waals surface area contributed by atoms with Gasteiger partial charge in [-0.25, -0.2) is 0 Å². The minimum Gasteiger partial charge on any atom is -0.345 e. The van der Waals surface area contributed by atoms with Crippen LogP contribution in [0.4, 0.5) is 0 Å². The molecule has 3 aromatic carbocycles. The van der Waals surface area contributed by atoms with Gasteiger partial charge in [0.05, 0.1) is 35.4 Å². The lowest BCUT2D eigenvalue weighted by Crippen LogP contribution is -2.28. The summed E-state index contributed by atoms with van der Waals surface area (Å²) in [4.78, 5) is 12.9. The lowest BCUT2D eigenvalue weighted by molar-refractivity contribution is 0.0935. The number of carbonyl (C=O) groups is 1. The topological polar surface area (TPSA) is 70.7 Å². The fourth-order valence-electron chi connectivity index (χ4n) is 3.81. The first-order valence-electron chi connectivity index (χ1n) is 10.4. The highest BCUT2D eigenvalue weighted by Gasteiger charge is 2.16. The van der Waals surface area contributed by atoms with Crippen LogP contribution < -0.4 is 5.32 Å². The number of aromatic nitrogens is 2. The Hall–Kier alpha value is -3.91. The van der Waals surface area contributed by atoms with Crippen LogP contribution in [-0.4, -0.2) is 15.7 Å². The normalized spacial score (nSPS) is 11.8. The average Bonchev–Trinajstić information content (AvgIpc) is 3.13. The van der Waals surface area contributed by atoms with Crippen molar-refractivity contribution >= 4 is 16.8 Å². The molecular formula is C26H24N4O. The van der Waals surface area contributed by atoms with E-state index < -0.39 is 0 Å². The van der Waals surface area contributed by atoms with E-state index in [4.69, 9.17) is 5.26 Å². The Morgan fingerprint density at radius 1 is 1.10 bits per heavy atom. The fourth-order valence-corrected chi connectivity index (χ4v) is 3.81. The van der Waals surface area contributed by atoms with Crippen LogP contribution in [0.2, 0.25) is 0 Å². The summed E-state index contributed by atoms with van der Waals surface area (Å²) in [5.41, 5.74) is 5.30. The molecule has 5 heteroatoms. The predicted molar refractivity (Wildman–Crippen MR) is 122 cm³/mol. The number of carbonyl (C=O) groups excluding carboxylic acids is 1. The third-order valence-corrected chi connectivity index (χ3v) is 5.53. The molecule has 0 saturated heterocycles. The van der Waals surface area contributed by atoms with Gasteiger partial charge in [-0.1, -0.05) is 49.4 Å². The summed E-state index contributed by atoms with van der Waals surface area (Å²) in [5, 5.41) is 17.8. The number of nitriles is 1. The van der Waals surface area contributed by atoms with Gasteiger partial charge in [0, 0.05) is 10.9 Å². The number of rotatable bonds is 6. The Kier molecular flexibility index (Phi) is 5.81. The number of fused-ring (bicyclic) bond motifs is 1. The largest absolute Gasteiger partial charge is 0.345 e. The monoisotopic (exact) mass is 408 g/mol. The molecule has 1 amide bonds. The molecule has 4 rings (SSSR count).